The predicted molar refractivity (Wildman–Crippen MR) is 148 cm³/mol. The van der Waals surface area contributed by atoms with Crippen LogP contribution in [0.1, 0.15) is 40.2 Å². The van der Waals surface area contributed by atoms with Crippen LogP contribution in [0, 0.1) is 19.6 Å². The van der Waals surface area contributed by atoms with Crippen LogP contribution in [0.15, 0.2) is 71.8 Å². The molecule has 0 radical (unpaired) electrons. The molecule has 0 aliphatic heterocycles. The second-order valence-electron chi connectivity index (χ2n) is 9.38. The number of nitrogens with zero attached hydrogens (tertiary/aromatic N) is 1. The van der Waals surface area contributed by atoms with E-state index in [0.717, 1.165) is 26.5 Å². The average Bonchev–Trinajstić information content (AvgIpc) is 3.30. The standard InChI is InChI=1S/C23H18NS2.C7H10.Ir/c1-23(2,3)18-13-15(12-14-8-4-5-9-16(14)18)21-24-22-20(26-21)17-10-6-7-11-19(17)25-22;1-6(2)5-7(3)4;/h4-11,13H,1-3H3;1,5H,3H2,2,4H3;/q-1;-2;+3/b;7-5+;. The maximum absolute atomic E-state index is 5.29. The summed E-state index contributed by atoms with van der Waals surface area (Å²) in [5, 5.41) is 4.83. The predicted octanol–water partition coefficient (Wildman–Crippen LogP) is 9.57. The SMILES string of the molecule is CC(C)(C)c1cc(-c2nc3sc4ccccc4c3s2)[c-]c2ccccc12.[CH-]=C(C)/C=C(\[CH2-])C.[Ir+3]. The first kappa shape index (κ1) is 26.4. The van der Waals surface area contributed by atoms with Crippen molar-refractivity contribution in [2.45, 2.75) is 40.0 Å². The number of thiazole rings is 1. The first-order valence-corrected chi connectivity index (χ1v) is 12.6. The van der Waals surface area contributed by atoms with Crippen LogP contribution < -0.4 is 0 Å². The Morgan fingerprint density at radius 2 is 1.65 bits per heavy atom. The minimum Gasteiger partial charge on any atom is -0.290 e. The van der Waals surface area contributed by atoms with Crippen LogP contribution in [0.3, 0.4) is 0 Å². The topological polar surface area (TPSA) is 12.9 Å². The van der Waals surface area contributed by atoms with Crippen LogP contribution in [-0.2, 0) is 25.5 Å². The second-order valence-corrected chi connectivity index (χ2v) is 11.4. The Balaban J connectivity index is 0.000000357. The van der Waals surface area contributed by atoms with Crippen molar-refractivity contribution in [1.29, 1.82) is 0 Å². The molecule has 3 aromatic carbocycles. The molecule has 0 saturated heterocycles. The summed E-state index contributed by atoms with van der Waals surface area (Å²) in [6, 6.07) is 23.0. The van der Waals surface area contributed by atoms with Crippen LogP contribution in [-0.4, -0.2) is 4.98 Å². The molecule has 0 atom stereocenters. The van der Waals surface area contributed by atoms with Gasteiger partial charge in [-0.2, -0.15) is 11.3 Å². The molecule has 0 amide bonds. The van der Waals surface area contributed by atoms with Crippen LogP contribution in [0.25, 0.3) is 41.0 Å². The molecule has 0 fully saturated rings. The Labute approximate surface area is 224 Å². The Morgan fingerprint density at radius 1 is 1.00 bits per heavy atom. The van der Waals surface area contributed by atoms with Crippen molar-refractivity contribution in [2.24, 2.45) is 0 Å². The minimum absolute atomic E-state index is 0. The van der Waals surface area contributed by atoms with E-state index in [-0.39, 0.29) is 25.5 Å². The third-order valence-electron chi connectivity index (χ3n) is 5.22. The zero-order chi connectivity index (χ0) is 23.8. The number of allylic oxidation sites excluding steroid dienone is 3. The Morgan fingerprint density at radius 3 is 2.26 bits per heavy atom. The third-order valence-corrected chi connectivity index (χ3v) is 7.54. The summed E-state index contributed by atoms with van der Waals surface area (Å²) in [6.07, 6.45) is 1.83. The molecule has 174 valence electrons. The monoisotopic (exact) mass is 659 g/mol. The minimum atomic E-state index is 0. The number of benzene rings is 3. The molecule has 34 heavy (non-hydrogen) atoms. The zero-order valence-electron chi connectivity index (χ0n) is 20.2. The van der Waals surface area contributed by atoms with E-state index >= 15 is 0 Å². The molecular formula is C30H28IrNS2. The van der Waals surface area contributed by atoms with Gasteiger partial charge >= 0.3 is 20.1 Å². The van der Waals surface area contributed by atoms with Gasteiger partial charge in [-0.15, -0.1) is 40.5 Å². The molecule has 1 nitrogen and oxygen atoms in total. The van der Waals surface area contributed by atoms with Gasteiger partial charge in [0.2, 0.25) is 0 Å². The van der Waals surface area contributed by atoms with Crippen LogP contribution in [0.5, 0.6) is 0 Å². The van der Waals surface area contributed by atoms with Gasteiger partial charge in [0.05, 0.1) is 9.71 Å². The third kappa shape index (κ3) is 5.70. The van der Waals surface area contributed by atoms with Crippen molar-refractivity contribution < 1.29 is 20.1 Å². The van der Waals surface area contributed by atoms with Crippen LogP contribution >= 0.6 is 22.7 Å². The van der Waals surface area contributed by atoms with Crippen LogP contribution in [0.4, 0.5) is 0 Å². The van der Waals surface area contributed by atoms with Crippen molar-refractivity contribution in [1.82, 2.24) is 4.98 Å². The zero-order valence-corrected chi connectivity index (χ0v) is 24.2. The summed E-state index contributed by atoms with van der Waals surface area (Å²) in [6.45, 7) is 19.5. The molecule has 5 aromatic rings. The molecule has 4 heteroatoms. The molecule has 0 unspecified atom stereocenters. The number of thiophene rings is 1. The molecule has 2 aromatic heterocycles. The van der Waals surface area contributed by atoms with Crippen molar-refractivity contribution in [3.63, 3.8) is 0 Å². The molecule has 0 aliphatic rings. The Bertz CT molecular complexity index is 1490. The molecule has 0 bridgehead atoms. The van der Waals surface area contributed by atoms with Gasteiger partial charge in [0.25, 0.3) is 0 Å². The van der Waals surface area contributed by atoms with E-state index in [2.05, 4.69) is 88.4 Å². The fourth-order valence-corrected chi connectivity index (χ4v) is 6.18. The van der Waals surface area contributed by atoms with E-state index in [9.17, 15) is 0 Å². The second kappa shape index (κ2) is 10.6. The van der Waals surface area contributed by atoms with E-state index < -0.39 is 0 Å². The average molecular weight is 659 g/mol. The van der Waals surface area contributed by atoms with E-state index in [0.29, 0.717) is 0 Å². The van der Waals surface area contributed by atoms with Gasteiger partial charge in [0.15, 0.2) is 0 Å². The van der Waals surface area contributed by atoms with E-state index in [1.165, 1.54) is 31.1 Å². The first-order chi connectivity index (χ1) is 15.6. The van der Waals surface area contributed by atoms with Gasteiger partial charge < -0.3 is 0 Å². The van der Waals surface area contributed by atoms with Gasteiger partial charge in [0, 0.05) is 10.1 Å². The largest absolute Gasteiger partial charge is 3.00 e. The molecule has 0 saturated carbocycles. The number of aromatic nitrogens is 1. The van der Waals surface area contributed by atoms with E-state index in [1.807, 2.05) is 19.9 Å². The van der Waals surface area contributed by atoms with E-state index in [4.69, 9.17) is 11.6 Å². The van der Waals surface area contributed by atoms with E-state index in [1.54, 1.807) is 22.7 Å². The summed E-state index contributed by atoms with van der Waals surface area (Å²) in [5.74, 6) is 0. The smallest absolute Gasteiger partial charge is 0.290 e. The van der Waals surface area contributed by atoms with Crippen molar-refractivity contribution in [2.75, 3.05) is 0 Å². The number of hydrogen-bond acceptors (Lipinski definition) is 3. The number of rotatable bonds is 2. The van der Waals surface area contributed by atoms with Gasteiger partial charge in [-0.05, 0) is 11.5 Å². The number of fused-ring (bicyclic) bond motifs is 4. The summed E-state index contributed by atoms with van der Waals surface area (Å²) < 4.78 is 2.60. The molecule has 0 spiro atoms. The summed E-state index contributed by atoms with van der Waals surface area (Å²) in [7, 11) is 0. The van der Waals surface area contributed by atoms with Crippen LogP contribution in [0.2, 0.25) is 0 Å². The van der Waals surface area contributed by atoms with Gasteiger partial charge in [-0.25, -0.2) is 24.1 Å². The fraction of sp³-hybridized carbons (Fsp3) is 0.200. The normalized spacial score (nSPS) is 11.9. The Hall–Kier alpha value is -2.23. The summed E-state index contributed by atoms with van der Waals surface area (Å²) in [5.41, 5.74) is 4.34. The quantitative estimate of drug-likeness (QED) is 0.136. The Kier molecular flexibility index (Phi) is 8.21. The van der Waals surface area contributed by atoms with Gasteiger partial charge in [-0.1, -0.05) is 82.0 Å². The summed E-state index contributed by atoms with van der Waals surface area (Å²) in [4.78, 5) is 6.09. The number of hydrogen-bond donors (Lipinski definition) is 0. The first-order valence-electron chi connectivity index (χ1n) is 11.0. The molecule has 5 rings (SSSR count). The molecule has 0 aliphatic carbocycles. The molecular weight excluding hydrogens is 631 g/mol. The summed E-state index contributed by atoms with van der Waals surface area (Å²) >= 11 is 3.56. The maximum Gasteiger partial charge on any atom is 3.00 e. The molecule has 0 N–H and O–H groups in total. The maximum atomic E-state index is 5.29. The van der Waals surface area contributed by atoms with Crippen molar-refractivity contribution >= 4 is 53.1 Å². The van der Waals surface area contributed by atoms with Crippen molar-refractivity contribution in [3.8, 4) is 10.6 Å². The van der Waals surface area contributed by atoms with Gasteiger partial charge in [0.1, 0.15) is 4.83 Å². The van der Waals surface area contributed by atoms with Crippen molar-refractivity contribution in [3.05, 3.63) is 97.0 Å². The fourth-order valence-electron chi connectivity index (χ4n) is 3.86. The molecule has 2 heterocycles. The van der Waals surface area contributed by atoms with Gasteiger partial charge in [-0.3, -0.25) is 11.6 Å².